The standard InChI is InChI=1S/C18H18BrN3O/c1-2-14-11-20-17(21-12-14)22-13-18(6-8-23-9-7-18)15-4-3-5-16(19)10-15/h1,3-5,10-12H,6-9,13H2,(H,20,21,22). The van der Waals surface area contributed by atoms with Crippen LogP contribution in [0.5, 0.6) is 0 Å². The Balaban J connectivity index is 1.80. The van der Waals surface area contributed by atoms with Crippen molar-refractivity contribution in [1.82, 2.24) is 9.97 Å². The fourth-order valence-corrected chi connectivity index (χ4v) is 3.29. The Morgan fingerprint density at radius 1 is 1.26 bits per heavy atom. The Morgan fingerprint density at radius 3 is 2.65 bits per heavy atom. The Labute approximate surface area is 144 Å². The highest BCUT2D eigenvalue weighted by molar-refractivity contribution is 9.10. The summed E-state index contributed by atoms with van der Waals surface area (Å²) < 4.78 is 6.66. The molecular formula is C18H18BrN3O. The molecule has 2 aromatic rings. The van der Waals surface area contributed by atoms with E-state index in [-0.39, 0.29) is 5.41 Å². The van der Waals surface area contributed by atoms with Gasteiger partial charge in [-0.1, -0.05) is 34.0 Å². The molecule has 1 fully saturated rings. The summed E-state index contributed by atoms with van der Waals surface area (Å²) in [7, 11) is 0. The van der Waals surface area contributed by atoms with Gasteiger partial charge < -0.3 is 10.1 Å². The number of ether oxygens (including phenoxy) is 1. The number of halogens is 1. The molecule has 2 heterocycles. The monoisotopic (exact) mass is 371 g/mol. The maximum absolute atomic E-state index is 5.57. The molecule has 23 heavy (non-hydrogen) atoms. The minimum Gasteiger partial charge on any atom is -0.381 e. The number of nitrogens with zero attached hydrogens (tertiary/aromatic N) is 2. The van der Waals surface area contributed by atoms with Crippen LogP contribution in [-0.4, -0.2) is 29.7 Å². The summed E-state index contributed by atoms with van der Waals surface area (Å²) >= 11 is 3.57. The fourth-order valence-electron chi connectivity index (χ4n) is 2.89. The molecule has 0 bridgehead atoms. The molecule has 1 aromatic heterocycles. The zero-order chi connectivity index (χ0) is 16.1. The summed E-state index contributed by atoms with van der Waals surface area (Å²) in [4.78, 5) is 8.54. The van der Waals surface area contributed by atoms with Gasteiger partial charge in [0, 0.05) is 42.0 Å². The van der Waals surface area contributed by atoms with E-state index in [9.17, 15) is 0 Å². The number of anilines is 1. The second-order valence-corrected chi connectivity index (χ2v) is 6.61. The first-order chi connectivity index (χ1) is 11.2. The van der Waals surface area contributed by atoms with Crippen molar-refractivity contribution in [2.45, 2.75) is 18.3 Å². The molecule has 0 spiro atoms. The molecule has 3 rings (SSSR count). The molecule has 0 atom stereocenters. The van der Waals surface area contributed by atoms with Crippen molar-refractivity contribution in [3.63, 3.8) is 0 Å². The number of hydrogen-bond acceptors (Lipinski definition) is 4. The van der Waals surface area contributed by atoms with Gasteiger partial charge >= 0.3 is 0 Å². The first-order valence-electron chi connectivity index (χ1n) is 7.58. The number of hydrogen-bond donors (Lipinski definition) is 1. The number of rotatable bonds is 4. The van der Waals surface area contributed by atoms with Crippen LogP contribution in [0.25, 0.3) is 0 Å². The lowest BCUT2D eigenvalue weighted by molar-refractivity contribution is 0.0543. The van der Waals surface area contributed by atoms with Gasteiger partial charge in [-0.3, -0.25) is 0 Å². The van der Waals surface area contributed by atoms with Crippen LogP contribution < -0.4 is 5.32 Å². The van der Waals surface area contributed by atoms with E-state index < -0.39 is 0 Å². The van der Waals surface area contributed by atoms with E-state index in [1.165, 1.54) is 5.56 Å². The maximum Gasteiger partial charge on any atom is 0.222 e. The van der Waals surface area contributed by atoms with E-state index in [0.717, 1.165) is 37.1 Å². The van der Waals surface area contributed by atoms with Crippen LogP contribution in [0.4, 0.5) is 5.95 Å². The molecule has 4 nitrogen and oxygen atoms in total. The highest BCUT2D eigenvalue weighted by Gasteiger charge is 2.34. The Hall–Kier alpha value is -1.90. The molecule has 0 radical (unpaired) electrons. The van der Waals surface area contributed by atoms with E-state index in [2.05, 4.69) is 55.3 Å². The lowest BCUT2D eigenvalue weighted by Crippen LogP contribution is -2.40. The van der Waals surface area contributed by atoms with Gasteiger partial charge in [-0.2, -0.15) is 0 Å². The molecule has 1 N–H and O–H groups in total. The molecule has 1 aliphatic rings. The molecule has 1 aromatic carbocycles. The average molecular weight is 372 g/mol. The second-order valence-electron chi connectivity index (χ2n) is 5.70. The van der Waals surface area contributed by atoms with E-state index in [4.69, 9.17) is 11.2 Å². The summed E-state index contributed by atoms with van der Waals surface area (Å²) in [6.07, 6.45) is 10.6. The minimum absolute atomic E-state index is 0.0240. The molecule has 0 aliphatic carbocycles. The van der Waals surface area contributed by atoms with Gasteiger partial charge in [-0.25, -0.2) is 9.97 Å². The van der Waals surface area contributed by atoms with Gasteiger partial charge in [0.1, 0.15) is 0 Å². The van der Waals surface area contributed by atoms with Crippen LogP contribution in [0, 0.1) is 12.3 Å². The first kappa shape index (κ1) is 16.0. The SMILES string of the molecule is C#Cc1cnc(NCC2(c3cccc(Br)c3)CCOCC2)nc1. The van der Waals surface area contributed by atoms with Crippen molar-refractivity contribution < 1.29 is 4.74 Å². The molecule has 1 saturated heterocycles. The zero-order valence-electron chi connectivity index (χ0n) is 12.8. The van der Waals surface area contributed by atoms with Crippen molar-refractivity contribution in [2.75, 3.05) is 25.1 Å². The molecule has 118 valence electrons. The molecule has 0 amide bonds. The predicted octanol–water partition coefficient (Wildman–Crippen LogP) is 3.38. The van der Waals surface area contributed by atoms with E-state index in [1.54, 1.807) is 12.4 Å². The molecule has 1 aliphatic heterocycles. The van der Waals surface area contributed by atoms with Crippen molar-refractivity contribution in [3.05, 3.63) is 52.3 Å². The van der Waals surface area contributed by atoms with Crippen LogP contribution in [0.15, 0.2) is 41.1 Å². The van der Waals surface area contributed by atoms with Gasteiger partial charge in [-0.05, 0) is 30.5 Å². The lowest BCUT2D eigenvalue weighted by atomic mass is 9.74. The summed E-state index contributed by atoms with van der Waals surface area (Å²) in [6, 6.07) is 8.50. The van der Waals surface area contributed by atoms with Gasteiger partial charge in [0.2, 0.25) is 5.95 Å². The fraction of sp³-hybridized carbons (Fsp3) is 0.333. The van der Waals surface area contributed by atoms with Gasteiger partial charge in [0.25, 0.3) is 0 Å². The topological polar surface area (TPSA) is 47.0 Å². The van der Waals surface area contributed by atoms with E-state index >= 15 is 0 Å². The Kier molecular flexibility index (Phi) is 4.94. The highest BCUT2D eigenvalue weighted by Crippen LogP contribution is 2.36. The number of terminal acetylenes is 1. The molecule has 0 saturated carbocycles. The maximum atomic E-state index is 5.57. The summed E-state index contributed by atoms with van der Waals surface area (Å²) in [5, 5.41) is 3.36. The minimum atomic E-state index is 0.0240. The first-order valence-corrected chi connectivity index (χ1v) is 8.37. The van der Waals surface area contributed by atoms with E-state index in [1.807, 2.05) is 6.07 Å². The predicted molar refractivity (Wildman–Crippen MR) is 94.3 cm³/mol. The van der Waals surface area contributed by atoms with Crippen LogP contribution >= 0.6 is 15.9 Å². The van der Waals surface area contributed by atoms with Crippen LogP contribution in [-0.2, 0) is 10.2 Å². The van der Waals surface area contributed by atoms with Gasteiger partial charge in [0.15, 0.2) is 0 Å². The molecule has 0 unspecified atom stereocenters. The highest BCUT2D eigenvalue weighted by atomic mass is 79.9. The number of nitrogens with one attached hydrogen (secondary N) is 1. The van der Waals surface area contributed by atoms with Crippen LogP contribution in [0.2, 0.25) is 0 Å². The molecular weight excluding hydrogens is 354 g/mol. The van der Waals surface area contributed by atoms with Crippen molar-refractivity contribution >= 4 is 21.9 Å². The summed E-state index contributed by atoms with van der Waals surface area (Å²) in [5.74, 6) is 3.13. The van der Waals surface area contributed by atoms with Crippen molar-refractivity contribution in [3.8, 4) is 12.3 Å². The third-order valence-corrected chi connectivity index (χ3v) is 4.78. The molecule has 5 heteroatoms. The summed E-state index contributed by atoms with van der Waals surface area (Å²) in [5.41, 5.74) is 2.02. The number of aromatic nitrogens is 2. The third-order valence-electron chi connectivity index (χ3n) is 4.29. The largest absolute Gasteiger partial charge is 0.381 e. The van der Waals surface area contributed by atoms with Gasteiger partial charge in [-0.15, -0.1) is 6.42 Å². The zero-order valence-corrected chi connectivity index (χ0v) is 14.3. The van der Waals surface area contributed by atoms with E-state index in [0.29, 0.717) is 11.5 Å². The number of benzene rings is 1. The smallest absolute Gasteiger partial charge is 0.222 e. The second kappa shape index (κ2) is 7.12. The quantitative estimate of drug-likeness (QED) is 0.836. The van der Waals surface area contributed by atoms with Crippen molar-refractivity contribution in [1.29, 1.82) is 0 Å². The van der Waals surface area contributed by atoms with Crippen molar-refractivity contribution in [2.24, 2.45) is 0 Å². The average Bonchev–Trinajstić information content (AvgIpc) is 2.61. The van der Waals surface area contributed by atoms with Crippen LogP contribution in [0.1, 0.15) is 24.0 Å². The lowest BCUT2D eigenvalue weighted by Gasteiger charge is -2.38. The third kappa shape index (κ3) is 3.72. The normalized spacial score (nSPS) is 16.5. The van der Waals surface area contributed by atoms with Crippen LogP contribution in [0.3, 0.4) is 0 Å². The summed E-state index contributed by atoms with van der Waals surface area (Å²) in [6.45, 7) is 2.30. The Morgan fingerprint density at radius 2 is 2.00 bits per heavy atom. The Bertz CT molecular complexity index is 703. The van der Waals surface area contributed by atoms with Gasteiger partial charge in [0.05, 0.1) is 5.56 Å².